The van der Waals surface area contributed by atoms with Crippen molar-refractivity contribution >= 4 is 45.7 Å². The largest absolute Gasteiger partial charge is 0.314 e. The third-order valence-corrected chi connectivity index (χ3v) is 6.42. The van der Waals surface area contributed by atoms with Crippen molar-refractivity contribution < 1.29 is 4.79 Å². The van der Waals surface area contributed by atoms with Crippen LogP contribution in [0.1, 0.15) is 19.8 Å². The summed E-state index contributed by atoms with van der Waals surface area (Å²) in [5.74, 6) is 0.759. The van der Waals surface area contributed by atoms with Gasteiger partial charge < -0.3 is 4.90 Å². The molecule has 0 saturated carbocycles. The van der Waals surface area contributed by atoms with Gasteiger partial charge in [-0.3, -0.25) is 14.5 Å². The molecular formula is C27H27Cl2N5O2. The highest BCUT2D eigenvalue weighted by molar-refractivity contribution is 6.31. The first-order chi connectivity index (χ1) is 17.3. The van der Waals surface area contributed by atoms with E-state index in [1.54, 1.807) is 42.3 Å². The normalized spacial score (nSPS) is 11.3. The second-order valence-electron chi connectivity index (χ2n) is 8.66. The number of benzene rings is 2. The van der Waals surface area contributed by atoms with Gasteiger partial charge >= 0.3 is 0 Å². The molecule has 2 aromatic carbocycles. The zero-order chi connectivity index (χ0) is 25.8. The molecule has 1 amide bonds. The third-order valence-electron chi connectivity index (χ3n) is 5.95. The van der Waals surface area contributed by atoms with Crippen molar-refractivity contribution in [3.8, 4) is 17.2 Å². The maximum atomic E-state index is 13.6. The van der Waals surface area contributed by atoms with E-state index in [9.17, 15) is 9.59 Å². The lowest BCUT2D eigenvalue weighted by molar-refractivity contribution is -0.119. The number of carbonyl (C=O) groups excluding carboxylic acids is 1. The van der Waals surface area contributed by atoms with Gasteiger partial charge in [0.05, 0.1) is 17.4 Å². The fourth-order valence-corrected chi connectivity index (χ4v) is 4.23. The van der Waals surface area contributed by atoms with Crippen molar-refractivity contribution in [2.45, 2.75) is 19.8 Å². The molecule has 2 aromatic heterocycles. The van der Waals surface area contributed by atoms with Crippen LogP contribution in [0.2, 0.25) is 10.0 Å². The standard InChI is InChI=1S/C27H27Cl2N5O2/c1-4-5-14-32(2)17-25(35)33(3)21-9-6-18(7-10-21)26-31-23-11-8-19(28)15-22(23)27(36)34(26)24-16-20(29)12-13-30-24/h6-13,15-16H,4-5,14,17H2,1-3H3. The number of rotatable bonds is 8. The van der Waals surface area contributed by atoms with E-state index in [0.29, 0.717) is 44.7 Å². The Hall–Kier alpha value is -3.26. The zero-order valence-electron chi connectivity index (χ0n) is 20.4. The zero-order valence-corrected chi connectivity index (χ0v) is 21.9. The molecule has 0 bridgehead atoms. The second-order valence-corrected chi connectivity index (χ2v) is 9.53. The van der Waals surface area contributed by atoms with Crippen LogP contribution >= 0.6 is 23.2 Å². The average Bonchev–Trinajstić information content (AvgIpc) is 2.87. The highest BCUT2D eigenvalue weighted by atomic mass is 35.5. The SMILES string of the molecule is CCCCN(C)CC(=O)N(C)c1ccc(-c2nc3ccc(Cl)cc3c(=O)n2-c2cc(Cl)ccn2)cc1. The minimum Gasteiger partial charge on any atom is -0.314 e. The van der Waals surface area contributed by atoms with Crippen LogP contribution in [0.4, 0.5) is 5.69 Å². The molecule has 0 fully saturated rings. The van der Waals surface area contributed by atoms with E-state index in [0.717, 1.165) is 25.1 Å². The average molecular weight is 524 g/mol. The Balaban J connectivity index is 1.73. The third kappa shape index (κ3) is 5.59. The Morgan fingerprint density at radius 1 is 1.00 bits per heavy atom. The van der Waals surface area contributed by atoms with Gasteiger partial charge in [0, 0.05) is 40.6 Å². The maximum absolute atomic E-state index is 13.6. The Labute approximate surface area is 219 Å². The number of unbranched alkanes of at least 4 members (excludes halogenated alkanes) is 1. The van der Waals surface area contributed by atoms with E-state index < -0.39 is 0 Å². The lowest BCUT2D eigenvalue weighted by atomic mass is 10.1. The number of fused-ring (bicyclic) bond motifs is 1. The van der Waals surface area contributed by atoms with Gasteiger partial charge in [0.1, 0.15) is 11.6 Å². The topological polar surface area (TPSA) is 71.3 Å². The molecule has 0 aliphatic heterocycles. The fourth-order valence-electron chi connectivity index (χ4n) is 3.90. The van der Waals surface area contributed by atoms with Crippen LogP contribution in [0.3, 0.4) is 0 Å². The fraction of sp³-hybridized carbons (Fsp3) is 0.259. The van der Waals surface area contributed by atoms with Gasteiger partial charge in [-0.05, 0) is 68.5 Å². The molecule has 186 valence electrons. The van der Waals surface area contributed by atoms with E-state index >= 15 is 0 Å². The summed E-state index contributed by atoms with van der Waals surface area (Å²) in [6.07, 6.45) is 3.68. The Bertz CT molecular complexity index is 1450. The number of anilines is 1. The summed E-state index contributed by atoms with van der Waals surface area (Å²) in [5, 5.41) is 1.27. The maximum Gasteiger partial charge on any atom is 0.267 e. The van der Waals surface area contributed by atoms with E-state index in [1.165, 1.54) is 10.8 Å². The molecular weight excluding hydrogens is 497 g/mol. The summed E-state index contributed by atoms with van der Waals surface area (Å²) in [5.41, 5.74) is 1.65. The van der Waals surface area contributed by atoms with Crippen molar-refractivity contribution in [3.63, 3.8) is 0 Å². The van der Waals surface area contributed by atoms with Crippen molar-refractivity contribution in [2.75, 3.05) is 32.1 Å². The molecule has 0 radical (unpaired) electrons. The van der Waals surface area contributed by atoms with Crippen molar-refractivity contribution in [1.29, 1.82) is 0 Å². The van der Waals surface area contributed by atoms with Gasteiger partial charge in [-0.2, -0.15) is 0 Å². The van der Waals surface area contributed by atoms with Gasteiger partial charge in [0.25, 0.3) is 5.56 Å². The number of amides is 1. The molecule has 4 aromatic rings. The summed E-state index contributed by atoms with van der Waals surface area (Å²) >= 11 is 12.4. The molecule has 0 aliphatic carbocycles. The molecule has 36 heavy (non-hydrogen) atoms. The molecule has 2 heterocycles. The molecule has 0 spiro atoms. The predicted octanol–water partition coefficient (Wildman–Crippen LogP) is 5.45. The van der Waals surface area contributed by atoms with Gasteiger partial charge in [0.15, 0.2) is 0 Å². The smallest absolute Gasteiger partial charge is 0.267 e. The quantitative estimate of drug-likeness (QED) is 0.307. The van der Waals surface area contributed by atoms with Crippen LogP contribution in [-0.4, -0.2) is 52.5 Å². The molecule has 0 N–H and O–H groups in total. The number of carbonyl (C=O) groups is 1. The van der Waals surface area contributed by atoms with Gasteiger partial charge in [-0.25, -0.2) is 14.5 Å². The Morgan fingerprint density at radius 2 is 1.72 bits per heavy atom. The first-order valence-corrected chi connectivity index (χ1v) is 12.4. The van der Waals surface area contributed by atoms with E-state index in [2.05, 4.69) is 11.9 Å². The summed E-state index contributed by atoms with van der Waals surface area (Å²) < 4.78 is 1.43. The highest BCUT2D eigenvalue weighted by Crippen LogP contribution is 2.26. The van der Waals surface area contributed by atoms with E-state index in [4.69, 9.17) is 28.2 Å². The van der Waals surface area contributed by atoms with Crippen molar-refractivity contribution in [2.24, 2.45) is 0 Å². The van der Waals surface area contributed by atoms with E-state index in [-0.39, 0.29) is 11.5 Å². The molecule has 0 aliphatic rings. The lowest BCUT2D eigenvalue weighted by Crippen LogP contribution is -2.37. The summed E-state index contributed by atoms with van der Waals surface area (Å²) in [4.78, 5) is 39.1. The summed E-state index contributed by atoms with van der Waals surface area (Å²) in [6.45, 7) is 3.35. The van der Waals surface area contributed by atoms with Crippen LogP contribution in [0, 0.1) is 0 Å². The molecule has 0 atom stereocenters. The number of hydrogen-bond acceptors (Lipinski definition) is 5. The van der Waals surface area contributed by atoms with Crippen LogP contribution in [0.15, 0.2) is 65.6 Å². The molecule has 9 heteroatoms. The molecule has 0 unspecified atom stereocenters. The van der Waals surface area contributed by atoms with Gasteiger partial charge in [-0.15, -0.1) is 0 Å². The number of aromatic nitrogens is 3. The minimum atomic E-state index is -0.307. The number of likely N-dealkylation sites (N-methyl/N-ethyl adjacent to an activating group) is 2. The number of pyridine rings is 1. The first-order valence-electron chi connectivity index (χ1n) is 11.7. The van der Waals surface area contributed by atoms with Crippen LogP contribution in [-0.2, 0) is 4.79 Å². The predicted molar refractivity (Wildman–Crippen MR) is 146 cm³/mol. The molecule has 0 saturated heterocycles. The van der Waals surface area contributed by atoms with Gasteiger partial charge in [0.2, 0.25) is 5.91 Å². The Morgan fingerprint density at radius 3 is 2.42 bits per heavy atom. The van der Waals surface area contributed by atoms with E-state index in [1.807, 2.05) is 36.2 Å². The Kier molecular flexibility index (Phi) is 8.04. The summed E-state index contributed by atoms with van der Waals surface area (Å²) in [7, 11) is 3.71. The summed E-state index contributed by atoms with van der Waals surface area (Å²) in [6, 6.07) is 15.6. The van der Waals surface area contributed by atoms with Gasteiger partial charge in [-0.1, -0.05) is 36.5 Å². The van der Waals surface area contributed by atoms with Crippen molar-refractivity contribution in [3.05, 3.63) is 81.2 Å². The minimum absolute atomic E-state index is 0.00194. The first kappa shape index (κ1) is 25.8. The van der Waals surface area contributed by atoms with Crippen molar-refractivity contribution in [1.82, 2.24) is 19.4 Å². The molecule has 4 rings (SSSR count). The van der Waals surface area contributed by atoms with Crippen LogP contribution in [0.5, 0.6) is 0 Å². The monoisotopic (exact) mass is 523 g/mol. The lowest BCUT2D eigenvalue weighted by Gasteiger charge is -2.22. The molecule has 7 nitrogen and oxygen atoms in total. The van der Waals surface area contributed by atoms with Crippen LogP contribution in [0.25, 0.3) is 28.1 Å². The van der Waals surface area contributed by atoms with Crippen LogP contribution < -0.4 is 10.5 Å². The number of hydrogen-bond donors (Lipinski definition) is 0. The highest BCUT2D eigenvalue weighted by Gasteiger charge is 2.18. The number of halogens is 2. The number of nitrogens with zero attached hydrogens (tertiary/aromatic N) is 5. The second kappa shape index (κ2) is 11.2.